The molecule has 0 saturated heterocycles. The van der Waals surface area contributed by atoms with Crippen LogP contribution < -0.4 is 41.5 Å². The van der Waals surface area contributed by atoms with Gasteiger partial charge in [-0.3, -0.25) is 0 Å². The molecule has 78 heavy (non-hydrogen) atoms. The molecule has 0 aliphatic carbocycles. The molecule has 0 amide bonds. The summed E-state index contributed by atoms with van der Waals surface area (Å²) in [5.41, 5.74) is 7.34. The zero-order chi connectivity index (χ0) is 51.9. The van der Waals surface area contributed by atoms with Crippen molar-refractivity contribution < 1.29 is 0 Å². The van der Waals surface area contributed by atoms with Crippen molar-refractivity contribution in [1.29, 1.82) is 0 Å². The molecule has 14 aromatic carbocycles. The number of hydrogen-bond acceptors (Lipinski definition) is 0. The molecule has 14 rings (SSSR count). The van der Waals surface area contributed by atoms with Crippen molar-refractivity contribution in [3.05, 3.63) is 328 Å². The predicted molar refractivity (Wildman–Crippen MR) is 340 cm³/mol. The summed E-state index contributed by atoms with van der Waals surface area (Å²) in [4.78, 5) is 0. The molecular weight excluding hydrogens is 969 g/mol. The van der Waals surface area contributed by atoms with Crippen molar-refractivity contribution in [1.82, 2.24) is 0 Å². The Morgan fingerprint density at radius 3 is 0.897 bits per heavy atom. The molecule has 0 bridgehead atoms. The number of hydrogen-bond donors (Lipinski definition) is 0. The molecule has 0 N–H and O–H groups in total. The Morgan fingerprint density at radius 1 is 0.167 bits per heavy atom. The van der Waals surface area contributed by atoms with Crippen LogP contribution in [0.2, 0.25) is 0 Å². The summed E-state index contributed by atoms with van der Waals surface area (Å²) < 4.78 is 0. The maximum atomic E-state index is 2.63. The van der Waals surface area contributed by atoms with Gasteiger partial charge in [0, 0.05) is 0 Å². The minimum absolute atomic E-state index is 1.19. The minimum Gasteiger partial charge on any atom is -0.0623 e. The van der Waals surface area contributed by atoms with E-state index in [9.17, 15) is 0 Å². The van der Waals surface area contributed by atoms with Crippen LogP contribution in [0.15, 0.2) is 328 Å². The van der Waals surface area contributed by atoms with Gasteiger partial charge in [0.2, 0.25) is 0 Å². The molecule has 2 heteroatoms. The lowest BCUT2D eigenvalue weighted by atomic mass is 9.84. The zero-order valence-electron chi connectivity index (χ0n) is 43.2. The van der Waals surface area contributed by atoms with Gasteiger partial charge in [0.15, 0.2) is 16.1 Å². The highest BCUT2D eigenvalue weighted by Gasteiger charge is 2.43. The molecule has 0 aliphatic heterocycles. The molecule has 0 heterocycles. The first kappa shape index (κ1) is 47.0. The third-order valence-electron chi connectivity index (χ3n) is 16.5. The predicted octanol–water partition coefficient (Wildman–Crippen LogP) is 14.1. The Morgan fingerprint density at radius 2 is 0.487 bits per heavy atom. The van der Waals surface area contributed by atoms with Gasteiger partial charge in [-0.1, -0.05) is 322 Å². The smallest absolute Gasteiger partial charge is 0.0623 e. The first-order chi connectivity index (χ1) is 38.7. The fourth-order valence-corrected chi connectivity index (χ4v) is 22.7. The van der Waals surface area contributed by atoms with E-state index in [1.54, 1.807) is 0 Å². The van der Waals surface area contributed by atoms with Gasteiger partial charge in [0.25, 0.3) is 0 Å². The highest BCUT2D eigenvalue weighted by molar-refractivity contribution is 7.20. The van der Waals surface area contributed by atoms with Crippen LogP contribution in [0, 0.1) is 0 Å². The average molecular weight is 1020 g/mol. The van der Waals surface area contributed by atoms with Crippen LogP contribution in [0.4, 0.5) is 0 Å². The van der Waals surface area contributed by atoms with E-state index in [4.69, 9.17) is 0 Å². The molecule has 0 fully saturated rings. The van der Waals surface area contributed by atoms with Gasteiger partial charge >= 0.3 is 0 Å². The first-order valence-corrected chi connectivity index (χ1v) is 31.2. The van der Waals surface area contributed by atoms with E-state index in [1.165, 1.54) is 118 Å². The molecule has 366 valence electrons. The van der Waals surface area contributed by atoms with Crippen LogP contribution in [0.3, 0.4) is 0 Å². The van der Waals surface area contributed by atoms with Gasteiger partial charge in [0.1, 0.15) is 0 Å². The van der Waals surface area contributed by atoms with Crippen molar-refractivity contribution in [2.75, 3.05) is 0 Å². The lowest BCUT2D eigenvalue weighted by Crippen LogP contribution is -2.74. The van der Waals surface area contributed by atoms with Crippen molar-refractivity contribution in [3.8, 4) is 33.4 Å². The molecule has 0 saturated carbocycles. The summed E-state index contributed by atoms with van der Waals surface area (Å²) in [5, 5.41) is 20.7. The quantitative estimate of drug-likeness (QED) is 0.0688. The highest BCUT2D eigenvalue weighted by atomic mass is 28.3. The molecule has 0 atom stereocenters. The van der Waals surface area contributed by atoms with E-state index >= 15 is 0 Å². The Bertz CT molecular complexity index is 4070. The Kier molecular flexibility index (Phi) is 12.0. The molecule has 0 radical (unpaired) electrons. The van der Waals surface area contributed by atoms with Crippen LogP contribution in [0.25, 0.3) is 76.5 Å². The third kappa shape index (κ3) is 7.71. The van der Waals surface area contributed by atoms with Crippen LogP contribution in [0.5, 0.6) is 0 Å². The summed E-state index contributed by atoms with van der Waals surface area (Å²) in [6, 6.07) is 124. The fourth-order valence-electron chi connectivity index (χ4n) is 13.2. The summed E-state index contributed by atoms with van der Waals surface area (Å²) >= 11 is 0. The van der Waals surface area contributed by atoms with E-state index in [0.717, 1.165) is 0 Å². The second-order valence-corrected chi connectivity index (χ2v) is 28.2. The largest absolute Gasteiger partial charge is 0.179 e. The van der Waals surface area contributed by atoms with Gasteiger partial charge in [-0.2, -0.15) is 0 Å². The van der Waals surface area contributed by atoms with E-state index < -0.39 is 16.1 Å². The monoisotopic (exact) mass is 1020 g/mol. The molecule has 0 aromatic heterocycles. The zero-order valence-corrected chi connectivity index (χ0v) is 45.2. The molecule has 0 aliphatic rings. The number of fused-ring (bicyclic) bond motifs is 4. The SMILES string of the molecule is c1ccc([Si](c2ccccc2)(c2ccccc2)c2ccc3c(-c4cccc(-c5cccc6ccccc56)c4)c4ccc([Si](c5ccccc5)(c5ccccc5)c5ccccc5)cc4c(-c4cccc5ccccc45)c3c2)cc1. The Hall–Kier alpha value is -9.45. The topological polar surface area (TPSA) is 0 Å². The van der Waals surface area contributed by atoms with Crippen LogP contribution in [-0.2, 0) is 0 Å². The minimum atomic E-state index is -3.00. The van der Waals surface area contributed by atoms with Gasteiger partial charge in [-0.25, -0.2) is 0 Å². The van der Waals surface area contributed by atoms with E-state index in [2.05, 4.69) is 328 Å². The van der Waals surface area contributed by atoms with Gasteiger partial charge < -0.3 is 0 Å². The lowest BCUT2D eigenvalue weighted by molar-refractivity contribution is 1.63. The highest BCUT2D eigenvalue weighted by Crippen LogP contribution is 2.46. The second-order valence-electron chi connectivity index (χ2n) is 20.6. The molecule has 0 nitrogen and oxygen atoms in total. The fraction of sp³-hybridized carbons (Fsp3) is 0. The Balaban J connectivity index is 1.18. The molecule has 14 aromatic rings. The van der Waals surface area contributed by atoms with Crippen LogP contribution >= 0.6 is 0 Å². The maximum Gasteiger partial charge on any atom is 0.179 e. The summed E-state index contributed by atoms with van der Waals surface area (Å²) in [6.45, 7) is 0. The van der Waals surface area contributed by atoms with Gasteiger partial charge in [-0.05, 0) is 124 Å². The van der Waals surface area contributed by atoms with Gasteiger partial charge in [0.05, 0.1) is 0 Å². The van der Waals surface area contributed by atoms with Gasteiger partial charge in [-0.15, -0.1) is 0 Å². The second kappa shape index (κ2) is 19.9. The normalized spacial score (nSPS) is 11.8. The van der Waals surface area contributed by atoms with E-state index in [-0.39, 0.29) is 0 Å². The summed E-state index contributed by atoms with van der Waals surface area (Å²) in [6.07, 6.45) is 0. The number of benzene rings is 14. The van der Waals surface area contributed by atoms with Crippen LogP contribution in [0.1, 0.15) is 0 Å². The maximum absolute atomic E-state index is 3.00. The number of rotatable bonds is 11. The third-order valence-corrected chi connectivity index (χ3v) is 26.1. The van der Waals surface area contributed by atoms with Crippen molar-refractivity contribution in [2.45, 2.75) is 0 Å². The van der Waals surface area contributed by atoms with E-state index in [0.29, 0.717) is 0 Å². The van der Waals surface area contributed by atoms with E-state index in [1.807, 2.05) is 0 Å². The van der Waals surface area contributed by atoms with Crippen molar-refractivity contribution in [2.24, 2.45) is 0 Å². The first-order valence-electron chi connectivity index (χ1n) is 27.2. The summed E-state index contributed by atoms with van der Waals surface area (Å²) in [7, 11) is -6.01. The lowest BCUT2D eigenvalue weighted by Gasteiger charge is -2.35. The molecule has 0 unspecified atom stereocenters. The molecule has 0 spiro atoms. The average Bonchev–Trinajstić information content (AvgIpc) is 3.54. The van der Waals surface area contributed by atoms with Crippen molar-refractivity contribution >= 4 is 101 Å². The Labute approximate surface area is 458 Å². The van der Waals surface area contributed by atoms with Crippen LogP contribution in [-0.4, -0.2) is 16.1 Å². The van der Waals surface area contributed by atoms with Crippen molar-refractivity contribution in [3.63, 3.8) is 0 Å². The standard InChI is InChI=1S/C76H54Si2/c1-7-32-59(33-8-1)77(60-34-9-2-10-35-60,61-36-11-3-12-37-61)65-48-50-71-73(53-65)76(70-47-25-29-56-27-20-22-45-68(56)70)74-54-66(78(62-38-13-4-14-39-62,63-40-15-5-16-41-63)64-42-17-6-18-43-64)49-51-72(74)75(71)58-31-23-30-57(52-58)69-46-24-28-55-26-19-21-44-67(55)69/h1-54H. The molecular formula is C76H54Si2. The summed E-state index contributed by atoms with van der Waals surface area (Å²) in [5.74, 6) is 0.